The molecule has 1 rings (SSSR count). The minimum Gasteiger partial charge on any atom is -0.490 e. The van der Waals surface area contributed by atoms with Gasteiger partial charge in [-0.3, -0.25) is 4.79 Å². The molecule has 1 unspecified atom stereocenters. The minimum absolute atomic E-state index is 0.383. The monoisotopic (exact) mass is 231 g/mol. The Morgan fingerprint density at radius 3 is 3.00 bits per heavy atom. The first kappa shape index (κ1) is 12.8. The molecule has 0 amide bonds. The fraction of sp³-hybridized carbons (Fsp3) is 0.231. The molecule has 88 valence electrons. The van der Waals surface area contributed by atoms with E-state index in [4.69, 9.17) is 14.7 Å². The Morgan fingerprint density at radius 2 is 2.41 bits per heavy atom. The van der Waals surface area contributed by atoms with Crippen molar-refractivity contribution in [2.75, 3.05) is 6.61 Å². The minimum atomic E-state index is -0.903. The van der Waals surface area contributed by atoms with Gasteiger partial charge in [-0.2, -0.15) is 5.26 Å². The summed E-state index contributed by atoms with van der Waals surface area (Å²) in [6, 6.07) is 8.78. The smallest absolute Gasteiger partial charge is 0.304 e. The lowest BCUT2D eigenvalue weighted by Gasteiger charge is -2.11. The third-order valence-electron chi connectivity index (χ3n) is 1.93. The number of nitriles is 1. The van der Waals surface area contributed by atoms with Crippen molar-refractivity contribution in [3.05, 3.63) is 42.5 Å². The topological polar surface area (TPSA) is 59.3 Å². The number of hydrogen-bond donors (Lipinski definition) is 0. The molecule has 0 saturated carbocycles. The number of benzene rings is 1. The van der Waals surface area contributed by atoms with Gasteiger partial charge in [0.15, 0.2) is 0 Å². The van der Waals surface area contributed by atoms with Gasteiger partial charge in [-0.1, -0.05) is 24.8 Å². The van der Waals surface area contributed by atoms with Crippen molar-refractivity contribution in [3.8, 4) is 11.8 Å². The number of ether oxygens (including phenoxy) is 2. The van der Waals surface area contributed by atoms with E-state index in [1.807, 2.05) is 6.07 Å². The van der Waals surface area contributed by atoms with Gasteiger partial charge in [0.1, 0.15) is 18.4 Å². The molecule has 17 heavy (non-hydrogen) atoms. The van der Waals surface area contributed by atoms with Crippen LogP contribution in [0.4, 0.5) is 0 Å². The summed E-state index contributed by atoms with van der Waals surface area (Å²) in [4.78, 5) is 10.8. The maximum absolute atomic E-state index is 10.8. The Kier molecular flexibility index (Phi) is 4.77. The fourth-order valence-corrected chi connectivity index (χ4v) is 1.26. The molecular formula is C13H13NO3. The predicted molar refractivity (Wildman–Crippen MR) is 62.3 cm³/mol. The van der Waals surface area contributed by atoms with E-state index in [2.05, 4.69) is 6.58 Å². The zero-order valence-electron chi connectivity index (χ0n) is 9.55. The molecule has 0 spiro atoms. The van der Waals surface area contributed by atoms with E-state index in [0.717, 1.165) is 0 Å². The molecule has 0 bridgehead atoms. The van der Waals surface area contributed by atoms with Crippen molar-refractivity contribution >= 4 is 5.97 Å². The van der Waals surface area contributed by atoms with Gasteiger partial charge in [0.05, 0.1) is 0 Å². The highest BCUT2D eigenvalue weighted by Crippen LogP contribution is 2.21. The second-order valence-corrected chi connectivity index (χ2v) is 3.29. The van der Waals surface area contributed by atoms with Gasteiger partial charge in [-0.15, -0.1) is 0 Å². The van der Waals surface area contributed by atoms with Crippen molar-refractivity contribution in [2.24, 2.45) is 0 Å². The molecule has 4 nitrogen and oxygen atoms in total. The first-order valence-electron chi connectivity index (χ1n) is 5.08. The lowest BCUT2D eigenvalue weighted by Crippen LogP contribution is -2.06. The van der Waals surface area contributed by atoms with Crippen LogP contribution < -0.4 is 4.74 Å². The average molecular weight is 231 g/mol. The standard InChI is InChI=1S/C13H13NO3/c1-3-7-16-12-6-4-5-11(8-12)13(9-14)17-10(2)15/h3-6,8,13H,1,7H2,2H3. The van der Waals surface area contributed by atoms with E-state index in [1.54, 1.807) is 30.3 Å². The summed E-state index contributed by atoms with van der Waals surface area (Å²) >= 11 is 0. The number of carbonyl (C=O) groups is 1. The van der Waals surface area contributed by atoms with Crippen LogP contribution in [0.15, 0.2) is 36.9 Å². The third-order valence-corrected chi connectivity index (χ3v) is 1.93. The highest BCUT2D eigenvalue weighted by Gasteiger charge is 2.13. The number of carbonyl (C=O) groups excluding carboxylic acids is 1. The van der Waals surface area contributed by atoms with Gasteiger partial charge < -0.3 is 9.47 Å². The molecule has 0 N–H and O–H groups in total. The van der Waals surface area contributed by atoms with Gasteiger partial charge in [-0.05, 0) is 12.1 Å². The van der Waals surface area contributed by atoms with E-state index in [9.17, 15) is 4.79 Å². The molecule has 1 aromatic rings. The van der Waals surface area contributed by atoms with Gasteiger partial charge in [0.2, 0.25) is 6.10 Å². The SMILES string of the molecule is C=CCOc1cccc(C(C#N)OC(C)=O)c1. The number of nitrogens with zero attached hydrogens (tertiary/aromatic N) is 1. The number of rotatable bonds is 5. The van der Waals surface area contributed by atoms with Gasteiger partial charge >= 0.3 is 5.97 Å². The maximum atomic E-state index is 10.8. The first-order chi connectivity index (χ1) is 8.17. The molecule has 0 saturated heterocycles. The van der Waals surface area contributed by atoms with Gasteiger partial charge in [-0.25, -0.2) is 0 Å². The lowest BCUT2D eigenvalue weighted by molar-refractivity contribution is -0.144. The number of esters is 1. The van der Waals surface area contributed by atoms with Crippen molar-refractivity contribution in [1.29, 1.82) is 5.26 Å². The molecule has 0 heterocycles. The Morgan fingerprint density at radius 1 is 1.65 bits per heavy atom. The van der Waals surface area contributed by atoms with Crippen LogP contribution in [0, 0.1) is 11.3 Å². The summed E-state index contributed by atoms with van der Waals surface area (Å²) in [5.41, 5.74) is 0.587. The molecule has 4 heteroatoms. The van der Waals surface area contributed by atoms with E-state index in [1.165, 1.54) is 6.92 Å². The highest BCUT2D eigenvalue weighted by molar-refractivity contribution is 5.66. The Bertz CT molecular complexity index is 448. The molecule has 0 radical (unpaired) electrons. The summed E-state index contributed by atoms with van der Waals surface area (Å²) in [7, 11) is 0. The predicted octanol–water partition coefficient (Wildman–Crippen LogP) is 2.38. The van der Waals surface area contributed by atoms with E-state index < -0.39 is 12.1 Å². The molecule has 0 aliphatic heterocycles. The van der Waals surface area contributed by atoms with Crippen molar-refractivity contribution in [1.82, 2.24) is 0 Å². The highest BCUT2D eigenvalue weighted by atomic mass is 16.5. The van der Waals surface area contributed by atoms with E-state index >= 15 is 0 Å². The van der Waals surface area contributed by atoms with Crippen LogP contribution in [0.2, 0.25) is 0 Å². The summed E-state index contributed by atoms with van der Waals surface area (Å²) in [6.45, 7) is 5.19. The van der Waals surface area contributed by atoms with Crippen LogP contribution in [-0.2, 0) is 9.53 Å². The summed E-state index contributed by atoms with van der Waals surface area (Å²) in [5.74, 6) is 0.115. The van der Waals surface area contributed by atoms with Crippen LogP contribution in [-0.4, -0.2) is 12.6 Å². The Labute approximate surface area is 100 Å². The molecule has 0 aromatic heterocycles. The fourth-order valence-electron chi connectivity index (χ4n) is 1.26. The molecule has 1 aromatic carbocycles. The van der Waals surface area contributed by atoms with Crippen LogP contribution >= 0.6 is 0 Å². The van der Waals surface area contributed by atoms with Crippen molar-refractivity contribution in [3.63, 3.8) is 0 Å². The second-order valence-electron chi connectivity index (χ2n) is 3.29. The molecule has 0 aliphatic carbocycles. The quantitative estimate of drug-likeness (QED) is 0.576. The van der Waals surface area contributed by atoms with Crippen LogP contribution in [0.3, 0.4) is 0 Å². The summed E-state index contributed by atoms with van der Waals surface area (Å²) < 4.78 is 10.2. The molecule has 0 fully saturated rings. The molecular weight excluding hydrogens is 218 g/mol. The Balaban J connectivity index is 2.85. The van der Waals surface area contributed by atoms with Gasteiger partial charge in [0, 0.05) is 12.5 Å². The lowest BCUT2D eigenvalue weighted by atomic mass is 10.1. The van der Waals surface area contributed by atoms with Crippen LogP contribution in [0.1, 0.15) is 18.6 Å². The largest absolute Gasteiger partial charge is 0.490 e. The van der Waals surface area contributed by atoms with Crippen LogP contribution in [0.5, 0.6) is 5.75 Å². The second kappa shape index (κ2) is 6.33. The zero-order chi connectivity index (χ0) is 12.7. The van der Waals surface area contributed by atoms with Crippen LogP contribution in [0.25, 0.3) is 0 Å². The molecule has 1 atom stereocenters. The summed E-state index contributed by atoms with van der Waals surface area (Å²) in [5, 5.41) is 8.91. The number of hydrogen-bond acceptors (Lipinski definition) is 4. The maximum Gasteiger partial charge on any atom is 0.304 e. The van der Waals surface area contributed by atoms with E-state index in [0.29, 0.717) is 17.9 Å². The Hall–Kier alpha value is -2.28. The first-order valence-corrected chi connectivity index (χ1v) is 5.08. The summed E-state index contributed by atoms with van der Waals surface area (Å²) in [6.07, 6.45) is 0.723. The zero-order valence-corrected chi connectivity index (χ0v) is 9.55. The third kappa shape index (κ3) is 3.99. The van der Waals surface area contributed by atoms with Crippen molar-refractivity contribution < 1.29 is 14.3 Å². The van der Waals surface area contributed by atoms with E-state index in [-0.39, 0.29) is 0 Å². The van der Waals surface area contributed by atoms with Gasteiger partial charge in [0.25, 0.3) is 0 Å². The normalized spacial score (nSPS) is 11.1. The molecule has 0 aliphatic rings. The van der Waals surface area contributed by atoms with Crippen molar-refractivity contribution in [2.45, 2.75) is 13.0 Å². The average Bonchev–Trinajstić information content (AvgIpc) is 2.33.